The first-order chi connectivity index (χ1) is 11.0. The van der Waals surface area contributed by atoms with Gasteiger partial charge in [0.1, 0.15) is 5.75 Å². The van der Waals surface area contributed by atoms with Gasteiger partial charge in [-0.3, -0.25) is 4.99 Å². The molecule has 0 atom stereocenters. The Morgan fingerprint density at radius 3 is 2.50 bits per heavy atom. The molecule has 1 rings (SSSR count). The predicted molar refractivity (Wildman–Crippen MR) is 112 cm³/mol. The van der Waals surface area contributed by atoms with E-state index < -0.39 is 0 Å². The van der Waals surface area contributed by atoms with E-state index in [4.69, 9.17) is 15.2 Å². The maximum absolute atomic E-state index is 5.90. The molecule has 0 unspecified atom stereocenters. The van der Waals surface area contributed by atoms with Crippen LogP contribution in [0.15, 0.2) is 29.3 Å². The summed E-state index contributed by atoms with van der Waals surface area (Å²) in [5, 5.41) is 3.08. The second-order valence-electron chi connectivity index (χ2n) is 5.73. The van der Waals surface area contributed by atoms with E-state index in [0.29, 0.717) is 12.5 Å². The summed E-state index contributed by atoms with van der Waals surface area (Å²) in [6, 6.07) is 7.69. The number of hydrogen-bond acceptors (Lipinski definition) is 4. The molecule has 138 valence electrons. The number of rotatable bonds is 10. The average molecular weight is 450 g/mol. The third-order valence-electron chi connectivity index (χ3n) is 3.16. The van der Waals surface area contributed by atoms with Crippen LogP contribution in [0.25, 0.3) is 0 Å². The van der Waals surface area contributed by atoms with Crippen molar-refractivity contribution in [1.82, 2.24) is 4.90 Å². The molecule has 0 heterocycles. The molecule has 1 aromatic carbocycles. The molecule has 7 heteroatoms. The second-order valence-corrected chi connectivity index (χ2v) is 5.73. The highest BCUT2D eigenvalue weighted by Gasteiger charge is 2.00. The Bertz CT molecular complexity index is 466. The van der Waals surface area contributed by atoms with Crippen LogP contribution in [0.4, 0.5) is 5.69 Å². The van der Waals surface area contributed by atoms with Crippen molar-refractivity contribution in [3.63, 3.8) is 0 Å². The van der Waals surface area contributed by atoms with Gasteiger partial charge < -0.3 is 25.4 Å². The van der Waals surface area contributed by atoms with Crippen molar-refractivity contribution in [2.75, 3.05) is 45.7 Å². The van der Waals surface area contributed by atoms with Gasteiger partial charge in [0.25, 0.3) is 0 Å². The number of methoxy groups -OCH3 is 1. The van der Waals surface area contributed by atoms with Crippen molar-refractivity contribution in [2.24, 2.45) is 10.7 Å². The molecule has 0 radical (unpaired) electrons. The van der Waals surface area contributed by atoms with Crippen LogP contribution in [0.2, 0.25) is 0 Å². The number of anilines is 1. The van der Waals surface area contributed by atoms with E-state index in [-0.39, 0.29) is 30.1 Å². The van der Waals surface area contributed by atoms with E-state index in [1.807, 2.05) is 38.1 Å². The summed E-state index contributed by atoms with van der Waals surface area (Å²) in [5.41, 5.74) is 6.80. The molecule has 1 aromatic rings. The number of hydrogen-bond donors (Lipinski definition) is 2. The number of nitrogens with two attached hydrogens (primary N) is 1. The highest BCUT2D eigenvalue weighted by Crippen LogP contribution is 2.16. The van der Waals surface area contributed by atoms with Crippen LogP contribution >= 0.6 is 24.0 Å². The van der Waals surface area contributed by atoms with E-state index >= 15 is 0 Å². The zero-order chi connectivity index (χ0) is 17.1. The van der Waals surface area contributed by atoms with Crippen LogP contribution in [0.5, 0.6) is 5.75 Å². The van der Waals surface area contributed by atoms with Gasteiger partial charge in [-0.05, 0) is 58.1 Å². The predicted octanol–water partition coefficient (Wildman–Crippen LogP) is 2.79. The van der Waals surface area contributed by atoms with Crippen molar-refractivity contribution in [3.8, 4) is 5.75 Å². The lowest BCUT2D eigenvalue weighted by Gasteiger charge is -2.15. The summed E-state index contributed by atoms with van der Waals surface area (Å²) < 4.78 is 10.6. The van der Waals surface area contributed by atoms with Crippen LogP contribution < -0.4 is 15.8 Å². The fourth-order valence-corrected chi connectivity index (χ4v) is 1.98. The molecule has 0 fully saturated rings. The molecule has 6 nitrogen and oxygen atoms in total. The van der Waals surface area contributed by atoms with Gasteiger partial charge in [-0.25, -0.2) is 0 Å². The van der Waals surface area contributed by atoms with Crippen LogP contribution in [-0.2, 0) is 4.74 Å². The first-order valence-corrected chi connectivity index (χ1v) is 8.02. The van der Waals surface area contributed by atoms with Gasteiger partial charge in [0.15, 0.2) is 5.96 Å². The maximum Gasteiger partial charge on any atom is 0.193 e. The molecule has 0 saturated carbocycles. The molecule has 0 aliphatic heterocycles. The molecule has 0 aliphatic carbocycles. The number of nitrogens with one attached hydrogen (secondary N) is 1. The molecule has 3 N–H and O–H groups in total. The van der Waals surface area contributed by atoms with Crippen molar-refractivity contribution in [3.05, 3.63) is 24.3 Å². The van der Waals surface area contributed by atoms with Gasteiger partial charge in [-0.15, -0.1) is 24.0 Å². The summed E-state index contributed by atoms with van der Waals surface area (Å²) in [4.78, 5) is 6.55. The van der Waals surface area contributed by atoms with E-state index in [1.54, 1.807) is 7.11 Å². The molecular weight excluding hydrogens is 419 g/mol. The topological polar surface area (TPSA) is 72.1 Å². The Kier molecular flexibility index (Phi) is 12.7. The minimum Gasteiger partial charge on any atom is -0.491 e. The normalized spacial score (nSPS) is 11.5. The van der Waals surface area contributed by atoms with Crippen LogP contribution in [0, 0.1) is 0 Å². The van der Waals surface area contributed by atoms with E-state index in [2.05, 4.69) is 22.3 Å². The van der Waals surface area contributed by atoms with Crippen molar-refractivity contribution < 1.29 is 9.47 Å². The van der Waals surface area contributed by atoms with Crippen molar-refractivity contribution >= 4 is 35.6 Å². The number of halogens is 1. The minimum absolute atomic E-state index is 0. The molecular formula is C17H31IN4O2. The zero-order valence-corrected chi connectivity index (χ0v) is 17.4. The fourth-order valence-electron chi connectivity index (χ4n) is 1.98. The van der Waals surface area contributed by atoms with E-state index in [9.17, 15) is 0 Å². The lowest BCUT2D eigenvalue weighted by atomic mass is 10.3. The average Bonchev–Trinajstić information content (AvgIpc) is 2.51. The Hall–Kier alpha value is -1.06. The van der Waals surface area contributed by atoms with Crippen molar-refractivity contribution in [1.29, 1.82) is 0 Å². The lowest BCUT2D eigenvalue weighted by Crippen LogP contribution is -2.25. The maximum atomic E-state index is 5.90. The number of ether oxygens (including phenoxy) is 2. The molecule has 0 aromatic heterocycles. The number of benzene rings is 1. The third kappa shape index (κ3) is 10.7. The summed E-state index contributed by atoms with van der Waals surface area (Å²) in [6.45, 7) is 7.36. The summed E-state index contributed by atoms with van der Waals surface area (Å²) >= 11 is 0. The van der Waals surface area contributed by atoms with Gasteiger partial charge in [0.2, 0.25) is 0 Å². The molecule has 0 saturated heterocycles. The van der Waals surface area contributed by atoms with Gasteiger partial charge in [-0.1, -0.05) is 0 Å². The molecule has 0 spiro atoms. The summed E-state index contributed by atoms with van der Waals surface area (Å²) in [6.07, 6.45) is 1.13. The highest BCUT2D eigenvalue weighted by atomic mass is 127. The van der Waals surface area contributed by atoms with Gasteiger partial charge in [-0.2, -0.15) is 0 Å². The number of likely N-dealkylation sites (N-methyl/N-ethyl adjacent to an activating group) is 1. The molecule has 0 bridgehead atoms. The second kappa shape index (κ2) is 13.3. The van der Waals surface area contributed by atoms with Gasteiger partial charge in [0, 0.05) is 25.9 Å². The largest absolute Gasteiger partial charge is 0.491 e. The number of aliphatic imine (C=N–C) groups is 1. The Balaban J connectivity index is 0.00000529. The van der Waals surface area contributed by atoms with E-state index in [0.717, 1.165) is 37.6 Å². The highest BCUT2D eigenvalue weighted by molar-refractivity contribution is 14.0. The quantitative estimate of drug-likeness (QED) is 0.248. The smallest absolute Gasteiger partial charge is 0.193 e. The SMILES string of the molecule is COCCN(C)CCCN=C(N)Nc1ccc(OC(C)C)cc1.I. The van der Waals surface area contributed by atoms with Crippen LogP contribution in [0.1, 0.15) is 20.3 Å². The molecule has 0 aliphatic rings. The first kappa shape index (κ1) is 22.9. The monoisotopic (exact) mass is 450 g/mol. The first-order valence-electron chi connectivity index (χ1n) is 8.02. The van der Waals surface area contributed by atoms with Crippen molar-refractivity contribution in [2.45, 2.75) is 26.4 Å². The third-order valence-corrected chi connectivity index (χ3v) is 3.16. The number of nitrogens with zero attached hydrogens (tertiary/aromatic N) is 2. The fraction of sp³-hybridized carbons (Fsp3) is 0.588. The molecule has 24 heavy (non-hydrogen) atoms. The van der Waals surface area contributed by atoms with Gasteiger partial charge >= 0.3 is 0 Å². The Labute approximate surface area is 162 Å². The lowest BCUT2D eigenvalue weighted by molar-refractivity contribution is 0.161. The Morgan fingerprint density at radius 1 is 1.25 bits per heavy atom. The van der Waals surface area contributed by atoms with Gasteiger partial charge in [0.05, 0.1) is 12.7 Å². The van der Waals surface area contributed by atoms with Crippen LogP contribution in [-0.4, -0.2) is 57.4 Å². The Morgan fingerprint density at radius 2 is 1.92 bits per heavy atom. The molecule has 0 amide bonds. The summed E-state index contributed by atoms with van der Waals surface area (Å²) in [7, 11) is 3.79. The number of guanidine groups is 1. The van der Waals surface area contributed by atoms with Crippen LogP contribution in [0.3, 0.4) is 0 Å². The standard InChI is InChI=1S/C17H30N4O2.HI/c1-14(2)23-16-8-6-15(7-9-16)20-17(18)19-10-5-11-21(3)12-13-22-4;/h6-9,14H,5,10-13H2,1-4H3,(H3,18,19,20);1H. The minimum atomic E-state index is 0. The summed E-state index contributed by atoms with van der Waals surface area (Å²) in [5.74, 6) is 1.28. The van der Waals surface area contributed by atoms with E-state index in [1.165, 1.54) is 0 Å². The zero-order valence-electron chi connectivity index (χ0n) is 15.1.